The first-order valence-electron chi connectivity index (χ1n) is 10.5. The summed E-state index contributed by atoms with van der Waals surface area (Å²) >= 11 is 0. The maximum atomic E-state index is 13.0. The number of carbonyl (C=O) groups is 1. The van der Waals surface area contributed by atoms with Crippen LogP contribution in [0.3, 0.4) is 0 Å². The third-order valence-corrected chi connectivity index (χ3v) is 5.27. The molecule has 0 fully saturated rings. The van der Waals surface area contributed by atoms with Gasteiger partial charge in [-0.15, -0.1) is 0 Å². The Kier molecular flexibility index (Phi) is 6.13. The van der Waals surface area contributed by atoms with E-state index in [1.54, 1.807) is 36.6 Å². The van der Waals surface area contributed by atoms with Gasteiger partial charge in [0, 0.05) is 34.8 Å². The van der Waals surface area contributed by atoms with Gasteiger partial charge in [0.25, 0.3) is 0 Å². The number of anilines is 1. The van der Waals surface area contributed by atoms with Crippen molar-refractivity contribution in [3.8, 4) is 16.9 Å². The van der Waals surface area contributed by atoms with E-state index in [4.69, 9.17) is 0 Å². The molecule has 0 saturated carbocycles. The molecule has 4 rings (SSSR count). The lowest BCUT2D eigenvalue weighted by atomic mass is 10.0. The van der Waals surface area contributed by atoms with Crippen LogP contribution in [0.4, 0.5) is 5.82 Å². The summed E-state index contributed by atoms with van der Waals surface area (Å²) in [5.41, 5.74) is 4.19. The zero-order chi connectivity index (χ0) is 23.4. The van der Waals surface area contributed by atoms with Crippen LogP contribution in [0.2, 0.25) is 0 Å². The highest BCUT2D eigenvalue weighted by Gasteiger charge is 2.14. The highest BCUT2D eigenvalue weighted by molar-refractivity contribution is 5.95. The molecule has 2 aromatic heterocycles. The number of hydrogen-bond acceptors (Lipinski definition) is 4. The number of Topliss-reactive ketones (excluding diaryl/α,β-unsaturated/α-hetero) is 1. The summed E-state index contributed by atoms with van der Waals surface area (Å²) in [5, 5.41) is 3.77. The second-order valence-electron chi connectivity index (χ2n) is 7.48. The van der Waals surface area contributed by atoms with Crippen molar-refractivity contribution in [3.05, 3.63) is 126 Å². The van der Waals surface area contributed by atoms with Crippen molar-refractivity contribution in [2.45, 2.75) is 6.92 Å². The first kappa shape index (κ1) is 21.7. The lowest BCUT2D eigenvalue weighted by Crippen LogP contribution is -2.14. The Morgan fingerprint density at radius 3 is 2.52 bits per heavy atom. The number of fused-ring (bicyclic) bond motifs is 1. The maximum Gasteiger partial charge on any atom is 0.193 e. The van der Waals surface area contributed by atoms with Gasteiger partial charge in [-0.2, -0.15) is 0 Å². The zero-order valence-electron chi connectivity index (χ0n) is 18.3. The fourth-order valence-corrected chi connectivity index (χ4v) is 3.65. The first-order chi connectivity index (χ1) is 16.0. The lowest BCUT2D eigenvalue weighted by molar-refractivity contribution is 0.101. The van der Waals surface area contributed by atoms with E-state index in [1.165, 1.54) is 6.92 Å². The molecule has 0 aliphatic carbocycles. The highest BCUT2D eigenvalue weighted by Crippen LogP contribution is 2.27. The van der Waals surface area contributed by atoms with E-state index < -0.39 is 0 Å². The van der Waals surface area contributed by atoms with Crippen molar-refractivity contribution < 1.29 is 4.79 Å². The van der Waals surface area contributed by atoms with Crippen LogP contribution >= 0.6 is 0 Å². The largest absolute Gasteiger partial charge is 0.341 e. The Morgan fingerprint density at radius 1 is 1.03 bits per heavy atom. The van der Waals surface area contributed by atoms with Gasteiger partial charge in [-0.1, -0.05) is 55.6 Å². The second kappa shape index (κ2) is 9.32. The topological polar surface area (TPSA) is 64.0 Å². The van der Waals surface area contributed by atoms with E-state index in [9.17, 15) is 9.59 Å². The predicted octanol–water partition coefficient (Wildman–Crippen LogP) is 5.92. The Hall–Kier alpha value is -4.51. The van der Waals surface area contributed by atoms with E-state index in [2.05, 4.69) is 23.5 Å². The highest BCUT2D eigenvalue weighted by atomic mass is 16.1. The van der Waals surface area contributed by atoms with Crippen LogP contribution in [0.5, 0.6) is 0 Å². The fraction of sp³-hybridized carbons (Fsp3) is 0.0357. The number of pyridine rings is 2. The summed E-state index contributed by atoms with van der Waals surface area (Å²) in [4.78, 5) is 29.4. The first-order valence-corrected chi connectivity index (χ1v) is 10.5. The lowest BCUT2D eigenvalue weighted by Gasteiger charge is -2.19. The minimum absolute atomic E-state index is 0.0173. The Balaban J connectivity index is 2.01. The molecule has 0 saturated heterocycles. The normalized spacial score (nSPS) is 11.2. The molecule has 0 radical (unpaired) electrons. The number of benzene rings is 2. The van der Waals surface area contributed by atoms with Gasteiger partial charge in [0.05, 0.1) is 16.6 Å². The number of para-hydroxylation sites is 1. The Labute approximate surface area is 192 Å². The summed E-state index contributed by atoms with van der Waals surface area (Å²) in [5.74, 6) is 0.567. The average Bonchev–Trinajstić information content (AvgIpc) is 2.84. The van der Waals surface area contributed by atoms with Crippen LogP contribution in [0.15, 0.2) is 115 Å². The molecule has 0 spiro atoms. The minimum Gasteiger partial charge on any atom is -0.341 e. The predicted molar refractivity (Wildman–Crippen MR) is 135 cm³/mol. The quantitative estimate of drug-likeness (QED) is 0.290. The van der Waals surface area contributed by atoms with Gasteiger partial charge in [0.2, 0.25) is 0 Å². The number of aromatic nitrogens is 2. The monoisotopic (exact) mass is 433 g/mol. The van der Waals surface area contributed by atoms with Crippen LogP contribution < -0.4 is 10.7 Å². The summed E-state index contributed by atoms with van der Waals surface area (Å²) < 4.78 is 1.97. The molecule has 0 bridgehead atoms. The van der Waals surface area contributed by atoms with Gasteiger partial charge in [-0.05, 0) is 43.3 Å². The summed E-state index contributed by atoms with van der Waals surface area (Å²) in [6.45, 7) is 9.11. The molecular weight excluding hydrogens is 410 g/mol. The molecule has 0 aliphatic rings. The van der Waals surface area contributed by atoms with Crippen LogP contribution in [-0.2, 0) is 0 Å². The van der Waals surface area contributed by atoms with E-state index in [0.29, 0.717) is 33.7 Å². The van der Waals surface area contributed by atoms with Crippen LogP contribution in [0.25, 0.3) is 27.8 Å². The Bertz CT molecular complexity index is 1460. The summed E-state index contributed by atoms with van der Waals surface area (Å²) in [6, 6.07) is 20.5. The molecule has 0 unspecified atom stereocenters. The number of nitrogens with one attached hydrogen (secondary N) is 1. The van der Waals surface area contributed by atoms with Gasteiger partial charge >= 0.3 is 0 Å². The third-order valence-electron chi connectivity index (χ3n) is 5.27. The molecule has 2 aromatic carbocycles. The number of hydrogen-bond donors (Lipinski definition) is 1. The zero-order valence-corrected chi connectivity index (χ0v) is 18.3. The molecule has 0 aliphatic heterocycles. The van der Waals surface area contributed by atoms with Crippen LogP contribution in [-0.4, -0.2) is 15.3 Å². The molecule has 4 aromatic rings. The molecule has 5 heteroatoms. The van der Waals surface area contributed by atoms with Crippen LogP contribution in [0, 0.1) is 0 Å². The van der Waals surface area contributed by atoms with Gasteiger partial charge in [-0.3, -0.25) is 19.1 Å². The number of nitrogens with zero attached hydrogens (tertiary/aromatic N) is 2. The molecule has 0 amide bonds. The summed E-state index contributed by atoms with van der Waals surface area (Å²) in [7, 11) is 0. The SMILES string of the molecule is C=C/C=C(\C=C)Nc1cc(=O)c2cnc(-c3cccc(C(C)=O)c3)cc2n1-c1ccccc1. The molecule has 0 atom stereocenters. The molecule has 33 heavy (non-hydrogen) atoms. The van der Waals surface area contributed by atoms with E-state index in [-0.39, 0.29) is 11.2 Å². The van der Waals surface area contributed by atoms with Crippen molar-refractivity contribution in [3.63, 3.8) is 0 Å². The van der Waals surface area contributed by atoms with E-state index in [1.807, 2.05) is 59.2 Å². The van der Waals surface area contributed by atoms with Gasteiger partial charge < -0.3 is 5.32 Å². The van der Waals surface area contributed by atoms with Crippen molar-refractivity contribution >= 4 is 22.5 Å². The molecular formula is C28H23N3O2. The molecule has 162 valence electrons. The smallest absolute Gasteiger partial charge is 0.193 e. The van der Waals surface area contributed by atoms with E-state index in [0.717, 1.165) is 11.3 Å². The van der Waals surface area contributed by atoms with Crippen molar-refractivity contribution in [2.24, 2.45) is 0 Å². The number of ketones is 1. The second-order valence-corrected chi connectivity index (χ2v) is 7.48. The van der Waals surface area contributed by atoms with Crippen molar-refractivity contribution in [1.29, 1.82) is 0 Å². The fourth-order valence-electron chi connectivity index (χ4n) is 3.65. The number of carbonyl (C=O) groups excluding carboxylic acids is 1. The number of allylic oxidation sites excluding steroid dienone is 3. The van der Waals surface area contributed by atoms with Gasteiger partial charge in [0.15, 0.2) is 11.2 Å². The summed E-state index contributed by atoms with van der Waals surface area (Å²) in [6.07, 6.45) is 6.68. The molecule has 5 nitrogen and oxygen atoms in total. The molecule has 1 N–H and O–H groups in total. The van der Waals surface area contributed by atoms with Crippen molar-refractivity contribution in [2.75, 3.05) is 5.32 Å². The average molecular weight is 434 g/mol. The standard InChI is InChI=1S/C28H23N3O2/c1-4-10-22(5-2)30-28-17-27(33)24-18-29-25(21-12-9-11-20(15-21)19(3)32)16-26(24)31(28)23-13-7-6-8-14-23/h4-18,30H,1-2H2,3H3/b22-10+. The maximum absolute atomic E-state index is 13.0. The van der Waals surface area contributed by atoms with E-state index >= 15 is 0 Å². The van der Waals surface area contributed by atoms with Gasteiger partial charge in [-0.25, -0.2) is 0 Å². The Morgan fingerprint density at radius 2 is 1.82 bits per heavy atom. The van der Waals surface area contributed by atoms with Gasteiger partial charge in [0.1, 0.15) is 5.82 Å². The molecule has 2 heterocycles. The van der Waals surface area contributed by atoms with Crippen LogP contribution in [0.1, 0.15) is 17.3 Å². The third kappa shape index (κ3) is 4.43. The van der Waals surface area contributed by atoms with Crippen molar-refractivity contribution in [1.82, 2.24) is 9.55 Å². The minimum atomic E-state index is -0.154. The number of rotatable bonds is 7.